The third kappa shape index (κ3) is 18.0. The maximum absolute atomic E-state index is 12.5. The average molecular weight is 781 g/mol. The van der Waals surface area contributed by atoms with Crippen LogP contribution in [0.3, 0.4) is 0 Å². The van der Waals surface area contributed by atoms with E-state index >= 15 is 0 Å². The molecule has 0 spiro atoms. The van der Waals surface area contributed by atoms with Crippen molar-refractivity contribution in [2.45, 2.75) is 19.4 Å². The Morgan fingerprint density at radius 2 is 1.13 bits per heavy atom. The standard InChI is InChI=1S/C29H46N4O11.Gd/c1-2-42-15-16-43-17-18-44-24-5-3-23(4-6-24)19-25(29(40)41)33-13-11-31(21-27(36)37)9-7-30(20-26(34)35)8-10-32(12-14-33)22-28(38)39;/h3-6,25H,2,7-22H2,1H3,(H,34,35)(H,36,37)(H,38,39)(H,40,41);/q;+3/p-3. The van der Waals surface area contributed by atoms with Gasteiger partial charge in [-0.2, -0.15) is 0 Å². The fourth-order valence-electron chi connectivity index (χ4n) is 4.79. The number of aliphatic carboxylic acids is 4. The molecule has 1 aliphatic rings. The van der Waals surface area contributed by atoms with E-state index in [1.165, 1.54) is 0 Å². The summed E-state index contributed by atoms with van der Waals surface area (Å²) in [6, 6.07) is 6.04. The number of carbonyl (C=O) groups excluding carboxylic acids is 3. The average Bonchev–Trinajstić information content (AvgIpc) is 2.95. The van der Waals surface area contributed by atoms with Crippen molar-refractivity contribution in [3.8, 4) is 5.75 Å². The molecular weight excluding hydrogens is 738 g/mol. The van der Waals surface area contributed by atoms with Crippen molar-refractivity contribution in [2.75, 3.05) is 105 Å². The summed E-state index contributed by atoms with van der Waals surface area (Å²) in [7, 11) is 0. The molecule has 1 aromatic carbocycles. The van der Waals surface area contributed by atoms with E-state index in [2.05, 4.69) is 0 Å². The SMILES string of the molecule is CCOCCOCCOc1ccc(CC(C(=O)O)N2CCN(CC(=O)[O-])CCN(CC(=O)[O-])CCN(CC(=O)[O-])CC2)cc1.[Gd+3]. The number of carbonyl (C=O) groups is 4. The van der Waals surface area contributed by atoms with E-state index in [0.717, 1.165) is 5.56 Å². The van der Waals surface area contributed by atoms with E-state index in [4.69, 9.17) is 14.2 Å². The molecule has 1 heterocycles. The molecule has 1 unspecified atom stereocenters. The normalized spacial score (nSPS) is 16.9. The van der Waals surface area contributed by atoms with Crippen molar-refractivity contribution in [2.24, 2.45) is 0 Å². The minimum atomic E-state index is -1.32. The fraction of sp³-hybridized carbons (Fsp3) is 0.655. The Hall–Kier alpha value is -2.02. The van der Waals surface area contributed by atoms with Gasteiger partial charge in [0, 0.05) is 78.6 Å². The Balaban J connectivity index is 0.0000101. The largest absolute Gasteiger partial charge is 3.00 e. The van der Waals surface area contributed by atoms with Crippen molar-refractivity contribution >= 4 is 23.9 Å². The van der Waals surface area contributed by atoms with E-state index in [0.29, 0.717) is 38.8 Å². The van der Waals surface area contributed by atoms with E-state index in [1.54, 1.807) is 43.9 Å². The Morgan fingerprint density at radius 1 is 0.711 bits per heavy atom. The minimum absolute atomic E-state index is 0. The Bertz CT molecular complexity index is 1000. The summed E-state index contributed by atoms with van der Waals surface area (Å²) in [4.78, 5) is 52.9. The molecule has 2 rings (SSSR count). The summed E-state index contributed by atoms with van der Waals surface area (Å²) in [5.41, 5.74) is 0.736. The number of ether oxygens (including phenoxy) is 3. The summed E-state index contributed by atoms with van der Waals surface area (Å²) >= 11 is 0. The molecule has 1 N–H and O–H groups in total. The quantitative estimate of drug-likeness (QED) is 0.140. The van der Waals surface area contributed by atoms with Gasteiger partial charge < -0.3 is 49.0 Å². The number of carboxylic acid groups (broad SMARTS) is 4. The maximum atomic E-state index is 12.5. The molecule has 0 aromatic heterocycles. The molecule has 0 saturated carbocycles. The zero-order valence-corrected chi connectivity index (χ0v) is 27.8. The fourth-order valence-corrected chi connectivity index (χ4v) is 4.79. The van der Waals surface area contributed by atoms with Gasteiger partial charge in [-0.3, -0.25) is 24.4 Å². The van der Waals surface area contributed by atoms with Crippen LogP contribution >= 0.6 is 0 Å². The molecule has 15 nitrogen and oxygen atoms in total. The van der Waals surface area contributed by atoms with E-state index in [1.807, 2.05) is 6.92 Å². The number of rotatable bonds is 18. The second-order valence-corrected chi connectivity index (χ2v) is 10.3. The molecule has 1 atom stereocenters. The number of hydrogen-bond acceptors (Lipinski definition) is 14. The van der Waals surface area contributed by atoms with E-state index < -0.39 is 49.6 Å². The van der Waals surface area contributed by atoms with Crippen LogP contribution in [-0.4, -0.2) is 160 Å². The number of benzene rings is 1. The monoisotopic (exact) mass is 781 g/mol. The van der Waals surface area contributed by atoms with Gasteiger partial charge in [0.25, 0.3) is 0 Å². The van der Waals surface area contributed by atoms with Gasteiger partial charge in [0.15, 0.2) is 0 Å². The summed E-state index contributed by atoms with van der Waals surface area (Å²) in [6.07, 6.45) is 0.135. The zero-order chi connectivity index (χ0) is 32.3. The number of hydrogen-bond donors (Lipinski definition) is 1. The van der Waals surface area contributed by atoms with Crippen LogP contribution in [0.2, 0.25) is 0 Å². The number of nitrogens with zero attached hydrogens (tertiary/aromatic N) is 4. The van der Waals surface area contributed by atoms with Gasteiger partial charge >= 0.3 is 45.9 Å². The molecule has 0 aliphatic carbocycles. The first-order chi connectivity index (χ1) is 21.1. The van der Waals surface area contributed by atoms with Crippen molar-refractivity contribution in [1.82, 2.24) is 19.6 Å². The van der Waals surface area contributed by atoms with Gasteiger partial charge in [-0.25, -0.2) is 0 Å². The van der Waals surface area contributed by atoms with Crippen molar-refractivity contribution in [3.05, 3.63) is 29.8 Å². The summed E-state index contributed by atoms with van der Waals surface area (Å²) in [6.45, 7) is 4.37. The second kappa shape index (κ2) is 23.3. The summed E-state index contributed by atoms with van der Waals surface area (Å²) in [5.74, 6) is -4.43. The van der Waals surface area contributed by atoms with Gasteiger partial charge in [0.1, 0.15) is 18.4 Å². The Labute approximate surface area is 295 Å². The smallest absolute Gasteiger partial charge is 0.549 e. The molecule has 1 saturated heterocycles. The van der Waals surface area contributed by atoms with Crippen LogP contribution in [0.1, 0.15) is 12.5 Å². The first-order valence-electron chi connectivity index (χ1n) is 14.7. The van der Waals surface area contributed by atoms with Crippen LogP contribution in [0.5, 0.6) is 5.75 Å². The summed E-state index contributed by atoms with van der Waals surface area (Å²) in [5, 5.41) is 44.3. The first kappa shape index (κ1) is 41.0. The first-order valence-corrected chi connectivity index (χ1v) is 14.7. The van der Waals surface area contributed by atoms with Crippen LogP contribution in [0.15, 0.2) is 24.3 Å². The third-order valence-corrected chi connectivity index (χ3v) is 7.08. The van der Waals surface area contributed by atoms with E-state index in [-0.39, 0.29) is 98.7 Å². The van der Waals surface area contributed by atoms with Crippen molar-refractivity contribution < 1.29 is 93.8 Å². The topological polar surface area (TPSA) is 198 Å². The van der Waals surface area contributed by atoms with Gasteiger partial charge in [-0.15, -0.1) is 0 Å². The summed E-state index contributed by atoms with van der Waals surface area (Å²) < 4.78 is 16.3. The predicted octanol–water partition coefficient (Wildman–Crippen LogP) is -4.41. The predicted molar refractivity (Wildman–Crippen MR) is 150 cm³/mol. The molecular formula is C29H43GdN4O11. The molecule has 16 heteroatoms. The van der Waals surface area contributed by atoms with Crippen LogP contribution in [-0.2, 0) is 35.1 Å². The Morgan fingerprint density at radius 3 is 1.56 bits per heavy atom. The van der Waals surface area contributed by atoms with Crippen LogP contribution in [0, 0.1) is 39.9 Å². The molecule has 1 fully saturated rings. The third-order valence-electron chi connectivity index (χ3n) is 7.08. The molecule has 1 radical (unpaired) electrons. The van der Waals surface area contributed by atoms with Gasteiger partial charge in [-0.05, 0) is 31.0 Å². The van der Waals surface area contributed by atoms with Crippen LogP contribution < -0.4 is 20.1 Å². The van der Waals surface area contributed by atoms with Crippen molar-refractivity contribution in [1.29, 1.82) is 0 Å². The maximum Gasteiger partial charge on any atom is 3.00 e. The molecule has 253 valence electrons. The molecule has 1 aliphatic heterocycles. The Kier molecular flexibility index (Phi) is 21.3. The molecule has 1 aromatic rings. The van der Waals surface area contributed by atoms with Gasteiger partial charge in [0.05, 0.1) is 37.7 Å². The molecule has 0 bridgehead atoms. The second-order valence-electron chi connectivity index (χ2n) is 10.3. The van der Waals surface area contributed by atoms with Crippen molar-refractivity contribution in [3.63, 3.8) is 0 Å². The zero-order valence-electron chi connectivity index (χ0n) is 25.6. The molecule has 45 heavy (non-hydrogen) atoms. The minimum Gasteiger partial charge on any atom is -0.549 e. The van der Waals surface area contributed by atoms with E-state index in [9.17, 15) is 39.6 Å². The number of carboxylic acids is 4. The molecule has 0 amide bonds. The van der Waals surface area contributed by atoms with Crippen LogP contribution in [0.25, 0.3) is 0 Å². The van der Waals surface area contributed by atoms with Gasteiger partial charge in [-0.1, -0.05) is 12.1 Å². The van der Waals surface area contributed by atoms with Gasteiger partial charge in [0.2, 0.25) is 0 Å². The van der Waals surface area contributed by atoms with Crippen LogP contribution in [0.4, 0.5) is 0 Å².